The zero-order chi connectivity index (χ0) is 19.5. The molecule has 0 aliphatic heterocycles. The number of hydrogen-bond donors (Lipinski definition) is 1. The molecule has 136 valence electrons. The molecule has 28 heavy (non-hydrogen) atoms. The third kappa shape index (κ3) is 1.32. The largest absolute Gasteiger partial charge is 0.359 e. The second kappa shape index (κ2) is 4.14. The van der Waals surface area contributed by atoms with E-state index in [4.69, 9.17) is 0 Å². The monoisotopic (exact) mass is 385 g/mol. The van der Waals surface area contributed by atoms with Crippen molar-refractivity contribution in [1.82, 2.24) is 25.1 Å². The predicted molar refractivity (Wildman–Crippen MR) is 80.7 cm³/mol. The Morgan fingerprint density at radius 2 is 1.39 bits per heavy atom. The summed E-state index contributed by atoms with van der Waals surface area (Å²) in [5, 5.41) is 36.7. The molecule has 6 aromatic rings. The zero-order valence-corrected chi connectivity index (χ0v) is 12.9. The first-order chi connectivity index (χ1) is 13.4. The Bertz CT molecular complexity index is 1740. The van der Waals surface area contributed by atoms with Gasteiger partial charge >= 0.3 is 16.6 Å². The van der Waals surface area contributed by atoms with Gasteiger partial charge in [0.05, 0.1) is 15.4 Å². The lowest BCUT2D eigenvalue weighted by Gasteiger charge is -1.86. The lowest BCUT2D eigenvalue weighted by molar-refractivity contribution is -0.781. The van der Waals surface area contributed by atoms with Crippen LogP contribution in [0.1, 0.15) is 0 Å². The number of H-pyrrole nitrogens is 1. The molecule has 0 atom stereocenters. The Hall–Kier alpha value is -4.76. The highest BCUT2D eigenvalue weighted by atomic mass is 16.8. The molecule has 0 fully saturated rings. The van der Waals surface area contributed by atoms with E-state index in [9.17, 15) is 29.6 Å². The molecular weight excluding hydrogens is 384 g/mol. The van der Waals surface area contributed by atoms with Crippen LogP contribution in [-0.2, 0) is 0 Å². The van der Waals surface area contributed by atoms with E-state index in [1.54, 1.807) is 0 Å². The van der Waals surface area contributed by atoms with Gasteiger partial charge in [-0.3, -0.25) is 28.4 Å². The molecule has 6 rings (SSSR count). The Morgan fingerprint density at radius 3 is 2.11 bits per heavy atom. The van der Waals surface area contributed by atoms with Crippen molar-refractivity contribution in [3.8, 4) is 0 Å². The van der Waals surface area contributed by atoms with Crippen LogP contribution in [-0.4, -0.2) is 25.1 Å². The zero-order valence-electron chi connectivity index (χ0n) is 12.9. The molecule has 16 nitrogen and oxygen atoms in total. The fourth-order valence-electron chi connectivity index (χ4n) is 3.26. The summed E-state index contributed by atoms with van der Waals surface area (Å²) in [6, 6.07) is 0. The summed E-state index contributed by atoms with van der Waals surface area (Å²) < 4.78 is 10.3. The molecule has 16 heteroatoms. The van der Waals surface area contributed by atoms with Crippen molar-refractivity contribution in [3.63, 3.8) is 0 Å². The molecule has 0 spiro atoms. The van der Waals surface area contributed by atoms with E-state index in [1.807, 2.05) is 0 Å². The average molecular weight is 385 g/mol. The molecule has 0 bridgehead atoms. The average Bonchev–Trinajstić information content (AvgIpc) is 3.39. The lowest BCUT2D eigenvalue weighted by atomic mass is 10.2. The minimum absolute atomic E-state index is 0.0991. The maximum Gasteiger partial charge on any atom is 0.312 e. The maximum atomic E-state index is 12.5. The Labute approximate surface area is 145 Å². The second-order valence-electron chi connectivity index (χ2n) is 5.80. The van der Waals surface area contributed by atoms with E-state index in [2.05, 4.69) is 29.8 Å². The molecule has 1 N–H and O–H groups in total. The lowest BCUT2D eigenvalue weighted by Crippen LogP contribution is -2.38. The van der Waals surface area contributed by atoms with Crippen LogP contribution in [0, 0.1) is 10.4 Å². The van der Waals surface area contributed by atoms with Crippen molar-refractivity contribution in [2.24, 2.45) is 0 Å². The van der Waals surface area contributed by atoms with Crippen molar-refractivity contribution in [1.29, 1.82) is 0 Å². The highest BCUT2D eigenvalue weighted by Crippen LogP contribution is 2.15. The van der Waals surface area contributed by atoms with Crippen molar-refractivity contribution in [3.05, 3.63) is 51.3 Å². The van der Waals surface area contributed by atoms with Crippen molar-refractivity contribution in [2.45, 2.75) is 0 Å². The normalized spacial score (nSPS) is 12.4. The van der Waals surface area contributed by atoms with E-state index >= 15 is 0 Å². The molecule has 0 aliphatic rings. The van der Waals surface area contributed by atoms with Gasteiger partial charge in [0.2, 0.25) is 5.52 Å². The van der Waals surface area contributed by atoms with Gasteiger partial charge in [0.1, 0.15) is 0 Å². The van der Waals surface area contributed by atoms with Gasteiger partial charge < -0.3 is 10.4 Å². The Kier molecular flexibility index (Phi) is 2.13. The fourth-order valence-corrected chi connectivity index (χ4v) is 3.26. The summed E-state index contributed by atoms with van der Waals surface area (Å²) in [7, 11) is 0. The molecule has 0 radical (unpaired) electrons. The molecule has 0 saturated carbocycles. The highest BCUT2D eigenvalue weighted by Gasteiger charge is 2.36. The van der Waals surface area contributed by atoms with Gasteiger partial charge in [-0.05, 0) is 14.4 Å². The smallest absolute Gasteiger partial charge is 0.312 e. The van der Waals surface area contributed by atoms with Crippen LogP contribution in [0.25, 0.3) is 44.1 Å². The number of benzene rings is 2. The van der Waals surface area contributed by atoms with Crippen LogP contribution in [0.3, 0.4) is 0 Å². The fraction of sp³-hybridized carbons (Fsp3) is 0. The predicted octanol–water partition coefficient (Wildman–Crippen LogP) is -4.58. The van der Waals surface area contributed by atoms with Crippen LogP contribution in [0.4, 0.5) is 0 Å². The van der Waals surface area contributed by atoms with Crippen molar-refractivity contribution in [2.75, 3.05) is 0 Å². The number of nitrogens with zero attached hydrogens (tertiary/aromatic N) is 7. The Balaban J connectivity index is 2.03. The first-order valence-electron chi connectivity index (χ1n) is 7.35. The second-order valence-corrected chi connectivity index (χ2v) is 5.80. The first kappa shape index (κ1) is 14.4. The van der Waals surface area contributed by atoms with Crippen LogP contribution in [0.2, 0.25) is 0 Å². The van der Waals surface area contributed by atoms with Crippen LogP contribution >= 0.6 is 0 Å². The number of aromatic amines is 1. The summed E-state index contributed by atoms with van der Waals surface area (Å²) in [4.78, 5) is 49.2. The summed E-state index contributed by atoms with van der Waals surface area (Å²) in [5.74, 6) is 0. The molecule has 0 aliphatic carbocycles. The number of nitrogens with one attached hydrogen (secondary N) is 1. The van der Waals surface area contributed by atoms with Gasteiger partial charge in [0.25, 0.3) is 38.3 Å². The van der Waals surface area contributed by atoms with Crippen LogP contribution in [0.5, 0.6) is 0 Å². The molecule has 4 aromatic heterocycles. The number of fused-ring (bicyclic) bond motifs is 9. The van der Waals surface area contributed by atoms with Crippen LogP contribution in [0.15, 0.2) is 28.4 Å². The summed E-state index contributed by atoms with van der Waals surface area (Å²) in [6.07, 6.45) is 0. The topological polar surface area (TPSA) is 211 Å². The first-order valence-corrected chi connectivity index (χ1v) is 7.35. The summed E-state index contributed by atoms with van der Waals surface area (Å²) >= 11 is 0. The minimum Gasteiger partial charge on any atom is -0.359 e. The van der Waals surface area contributed by atoms with Crippen LogP contribution < -0.4 is 36.2 Å². The van der Waals surface area contributed by atoms with Gasteiger partial charge in [-0.15, -0.1) is 0 Å². The van der Waals surface area contributed by atoms with E-state index in [0.29, 0.717) is 0 Å². The standard InChI is InChI=1S/C12N8O8/c21-9-3-5(19(25)27-15-3)1-7(11(9)23)17-14-2-6-4(16-28-20(6)26)10(22)12(24)8(2)18(17)13-1/p+1. The van der Waals surface area contributed by atoms with E-state index in [-0.39, 0.29) is 20.8 Å². The summed E-state index contributed by atoms with van der Waals surface area (Å²) in [6.45, 7) is 0. The van der Waals surface area contributed by atoms with E-state index < -0.39 is 54.8 Å². The number of aromatic nitrogens is 8. The SMILES string of the molecule is O=c1c(=O)c2c(nn3c4c(=O)c(=O)c5no[n+]([O-])c5c4[nH][n+]23)c2c1no[n+]2[O-]. The molecule has 4 heterocycles. The molecule has 0 amide bonds. The molecule has 2 aromatic carbocycles. The van der Waals surface area contributed by atoms with E-state index in [0.717, 1.165) is 9.26 Å². The van der Waals surface area contributed by atoms with Gasteiger partial charge in [-0.2, -0.15) is 5.10 Å². The van der Waals surface area contributed by atoms with Gasteiger partial charge in [0, 0.05) is 4.63 Å². The Morgan fingerprint density at radius 1 is 0.786 bits per heavy atom. The van der Waals surface area contributed by atoms with Crippen molar-refractivity contribution < 1.29 is 23.7 Å². The van der Waals surface area contributed by atoms with Crippen molar-refractivity contribution >= 4 is 44.1 Å². The minimum atomic E-state index is -1.14. The molecule has 0 saturated heterocycles. The van der Waals surface area contributed by atoms with E-state index in [1.165, 1.54) is 0 Å². The quantitative estimate of drug-likeness (QED) is 0.149. The van der Waals surface area contributed by atoms with Gasteiger partial charge in [-0.25, -0.2) is 0 Å². The number of rotatable bonds is 0. The third-order valence-corrected chi connectivity index (χ3v) is 4.43. The highest BCUT2D eigenvalue weighted by molar-refractivity contribution is 5.98. The molecular formula is C12HN8O8+. The van der Waals surface area contributed by atoms with Gasteiger partial charge in [-0.1, -0.05) is 0 Å². The van der Waals surface area contributed by atoms with Gasteiger partial charge in [0.15, 0.2) is 5.52 Å². The molecule has 0 unspecified atom stereocenters. The maximum absolute atomic E-state index is 12.5. The summed E-state index contributed by atoms with van der Waals surface area (Å²) in [5.41, 5.74) is -7.72. The third-order valence-electron chi connectivity index (χ3n) is 4.43. The number of hydrogen-bond acceptors (Lipinski definition) is 11.